The first-order valence-corrected chi connectivity index (χ1v) is 12.1. The van der Waals surface area contributed by atoms with Crippen molar-refractivity contribution in [3.63, 3.8) is 0 Å². The van der Waals surface area contributed by atoms with Gasteiger partial charge in [0.1, 0.15) is 58.5 Å². The Morgan fingerprint density at radius 2 is 1.05 bits per heavy atom. The fourth-order valence-corrected chi connectivity index (χ4v) is 4.38. The van der Waals surface area contributed by atoms with Crippen molar-refractivity contribution >= 4 is 34.0 Å². The third-order valence-electron chi connectivity index (χ3n) is 6.36. The van der Waals surface area contributed by atoms with Crippen molar-refractivity contribution in [1.29, 1.82) is 21.0 Å². The highest BCUT2D eigenvalue weighted by atomic mass is 16.3. The Bertz CT molecular complexity index is 1890. The molecule has 0 unspecified atom stereocenters. The Balaban J connectivity index is 1.44. The normalized spacial score (nSPS) is 10.8. The van der Waals surface area contributed by atoms with Gasteiger partial charge in [0.25, 0.3) is 0 Å². The molecule has 5 rings (SSSR count). The van der Waals surface area contributed by atoms with Gasteiger partial charge in [0, 0.05) is 40.0 Å². The number of fused-ring (bicyclic) bond motifs is 3. The van der Waals surface area contributed by atoms with Gasteiger partial charge in [-0.15, -0.1) is 0 Å². The van der Waals surface area contributed by atoms with E-state index in [9.17, 15) is 0 Å². The maximum atomic E-state index is 8.84. The molecule has 0 spiro atoms. The van der Waals surface area contributed by atoms with Crippen molar-refractivity contribution in [2.45, 2.75) is 0 Å². The van der Waals surface area contributed by atoms with Crippen molar-refractivity contribution in [3.05, 3.63) is 108 Å². The smallest absolute Gasteiger partial charge is 0.134 e. The molecule has 5 aromatic rings. The molecule has 0 bridgehead atoms. The Morgan fingerprint density at radius 1 is 0.625 bits per heavy atom. The van der Waals surface area contributed by atoms with E-state index in [-0.39, 0.29) is 11.1 Å². The number of nitriles is 4. The minimum atomic E-state index is 0.0243. The van der Waals surface area contributed by atoms with E-state index >= 15 is 0 Å². The molecule has 0 aliphatic rings. The van der Waals surface area contributed by atoms with Gasteiger partial charge in [0.05, 0.1) is 0 Å². The van der Waals surface area contributed by atoms with Crippen molar-refractivity contribution in [3.8, 4) is 46.9 Å². The standard InChI is InChI=1S/C33H19N5O2/c1-38-30-16-24(32-14-10-26(39-32)6-2-4-22(18-34)19-35)8-12-28(30)29-13-9-25(17-31(29)38)33-15-11-27(40-33)7-3-5-23(20-36)21-37/h2-17H,1H3/b6-2+,7-3+. The van der Waals surface area contributed by atoms with Crippen LogP contribution in [0, 0.1) is 45.3 Å². The lowest BCUT2D eigenvalue weighted by atomic mass is 10.1. The minimum absolute atomic E-state index is 0.0243. The van der Waals surface area contributed by atoms with Crippen LogP contribution in [0.2, 0.25) is 0 Å². The summed E-state index contributed by atoms with van der Waals surface area (Å²) in [6.07, 6.45) is 9.53. The molecular formula is C33H19N5O2. The summed E-state index contributed by atoms with van der Waals surface area (Å²) in [4.78, 5) is 0. The van der Waals surface area contributed by atoms with Crippen LogP contribution >= 0.6 is 0 Å². The van der Waals surface area contributed by atoms with Gasteiger partial charge in [-0.1, -0.05) is 36.4 Å². The SMILES string of the molecule is Cn1c2cc(-c3ccc(/C=C/C=C(C#N)C#N)o3)ccc2c2ccc(-c3ccc(/C=C/C=C(C#N)C#N)o3)cc21. The molecule has 7 nitrogen and oxygen atoms in total. The van der Waals surface area contributed by atoms with Gasteiger partial charge in [0.2, 0.25) is 0 Å². The van der Waals surface area contributed by atoms with Crippen LogP contribution in [-0.2, 0) is 7.05 Å². The van der Waals surface area contributed by atoms with Crippen LogP contribution in [0.1, 0.15) is 11.5 Å². The van der Waals surface area contributed by atoms with E-state index in [0.717, 1.165) is 32.9 Å². The van der Waals surface area contributed by atoms with Crippen LogP contribution in [-0.4, -0.2) is 4.57 Å². The average Bonchev–Trinajstić information content (AvgIpc) is 3.72. The first kappa shape index (κ1) is 25.4. The zero-order chi connectivity index (χ0) is 28.1. The summed E-state index contributed by atoms with van der Waals surface area (Å²) < 4.78 is 14.1. The van der Waals surface area contributed by atoms with E-state index in [4.69, 9.17) is 29.9 Å². The molecule has 40 heavy (non-hydrogen) atoms. The number of hydrogen-bond acceptors (Lipinski definition) is 6. The average molecular weight is 518 g/mol. The molecule has 0 saturated carbocycles. The second kappa shape index (κ2) is 11.0. The molecule has 0 saturated heterocycles. The Labute approximate surface area is 229 Å². The highest BCUT2D eigenvalue weighted by molar-refractivity contribution is 6.09. The van der Waals surface area contributed by atoms with Crippen LogP contribution in [0.5, 0.6) is 0 Å². The number of allylic oxidation sites excluding steroid dienone is 6. The molecule has 0 atom stereocenters. The number of nitrogens with zero attached hydrogens (tertiary/aromatic N) is 5. The van der Waals surface area contributed by atoms with Gasteiger partial charge in [-0.25, -0.2) is 0 Å². The molecule has 0 fully saturated rings. The Kier molecular flexibility index (Phi) is 6.97. The predicted octanol–water partition coefficient (Wildman–Crippen LogP) is 7.83. The molecule has 7 heteroatoms. The van der Waals surface area contributed by atoms with Crippen molar-refractivity contribution in [2.24, 2.45) is 7.05 Å². The van der Waals surface area contributed by atoms with Crippen LogP contribution < -0.4 is 0 Å². The molecule has 0 N–H and O–H groups in total. The lowest BCUT2D eigenvalue weighted by Gasteiger charge is -2.02. The Hall–Kier alpha value is -6.28. The van der Waals surface area contributed by atoms with Gasteiger partial charge in [-0.2, -0.15) is 21.0 Å². The van der Waals surface area contributed by atoms with Crippen LogP contribution in [0.3, 0.4) is 0 Å². The summed E-state index contributed by atoms with van der Waals surface area (Å²) in [6.45, 7) is 0. The van der Waals surface area contributed by atoms with Crippen molar-refractivity contribution in [2.75, 3.05) is 0 Å². The number of aromatic nitrogens is 1. The molecular weight excluding hydrogens is 498 g/mol. The van der Waals surface area contributed by atoms with Gasteiger partial charge in [0.15, 0.2) is 0 Å². The van der Waals surface area contributed by atoms with Crippen LogP contribution in [0.25, 0.3) is 56.6 Å². The third-order valence-corrected chi connectivity index (χ3v) is 6.36. The van der Waals surface area contributed by atoms with E-state index in [2.05, 4.69) is 28.8 Å². The molecule has 0 aliphatic heterocycles. The van der Waals surface area contributed by atoms with E-state index in [0.29, 0.717) is 23.0 Å². The number of furan rings is 2. The topological polar surface area (TPSA) is 126 Å². The second-order valence-electron chi connectivity index (χ2n) is 8.75. The highest BCUT2D eigenvalue weighted by Gasteiger charge is 2.13. The molecule has 3 heterocycles. The number of hydrogen-bond donors (Lipinski definition) is 0. The summed E-state index contributed by atoms with van der Waals surface area (Å²) in [5, 5.41) is 37.6. The van der Waals surface area contributed by atoms with Crippen molar-refractivity contribution < 1.29 is 8.83 Å². The summed E-state index contributed by atoms with van der Waals surface area (Å²) in [7, 11) is 2.02. The fraction of sp³-hybridized carbons (Fsp3) is 0.0303. The number of benzene rings is 2. The first-order valence-electron chi connectivity index (χ1n) is 12.1. The summed E-state index contributed by atoms with van der Waals surface area (Å²) in [5.41, 5.74) is 4.00. The Morgan fingerprint density at radius 3 is 1.45 bits per heavy atom. The van der Waals surface area contributed by atoms with E-state index in [1.165, 1.54) is 12.2 Å². The quantitative estimate of drug-likeness (QED) is 0.167. The molecule has 0 amide bonds. The number of rotatable bonds is 6. The van der Waals surface area contributed by atoms with Gasteiger partial charge < -0.3 is 13.4 Å². The van der Waals surface area contributed by atoms with E-state index in [1.54, 1.807) is 24.3 Å². The van der Waals surface area contributed by atoms with E-state index in [1.807, 2.05) is 67.7 Å². The zero-order valence-corrected chi connectivity index (χ0v) is 21.3. The first-order chi connectivity index (χ1) is 19.5. The largest absolute Gasteiger partial charge is 0.457 e. The second-order valence-corrected chi connectivity index (χ2v) is 8.75. The molecule has 3 aromatic heterocycles. The van der Waals surface area contributed by atoms with Crippen LogP contribution in [0.4, 0.5) is 0 Å². The van der Waals surface area contributed by atoms with Gasteiger partial charge in [-0.05, 0) is 60.7 Å². The minimum Gasteiger partial charge on any atom is -0.457 e. The highest BCUT2D eigenvalue weighted by Crippen LogP contribution is 2.35. The fourth-order valence-electron chi connectivity index (χ4n) is 4.38. The zero-order valence-electron chi connectivity index (χ0n) is 21.3. The molecule has 0 radical (unpaired) electrons. The summed E-state index contributed by atoms with van der Waals surface area (Å²) >= 11 is 0. The van der Waals surface area contributed by atoms with Gasteiger partial charge in [-0.3, -0.25) is 0 Å². The lowest BCUT2D eigenvalue weighted by Crippen LogP contribution is -1.87. The third kappa shape index (κ3) is 4.96. The summed E-state index contributed by atoms with van der Waals surface area (Å²) in [5.74, 6) is 2.64. The predicted molar refractivity (Wildman–Crippen MR) is 153 cm³/mol. The molecule has 2 aromatic carbocycles. The van der Waals surface area contributed by atoms with E-state index < -0.39 is 0 Å². The monoisotopic (exact) mass is 517 g/mol. The maximum absolute atomic E-state index is 8.84. The van der Waals surface area contributed by atoms with Crippen molar-refractivity contribution in [1.82, 2.24) is 4.57 Å². The summed E-state index contributed by atoms with van der Waals surface area (Å²) in [6, 6.07) is 27.1. The van der Waals surface area contributed by atoms with Gasteiger partial charge >= 0.3 is 0 Å². The molecule has 0 aliphatic carbocycles. The van der Waals surface area contributed by atoms with Crippen LogP contribution in [0.15, 0.2) is 105 Å². The maximum Gasteiger partial charge on any atom is 0.134 e. The lowest BCUT2D eigenvalue weighted by molar-refractivity contribution is 0.571. The molecule has 188 valence electrons. The number of aryl methyl sites for hydroxylation is 1.